The number of hydrogen-bond acceptors (Lipinski definition) is 3. The van der Waals surface area contributed by atoms with Crippen molar-refractivity contribution in [1.82, 2.24) is 4.90 Å². The van der Waals surface area contributed by atoms with E-state index in [4.69, 9.17) is 16.7 Å². The highest BCUT2D eigenvalue weighted by Crippen LogP contribution is 2.26. The largest absolute Gasteiger partial charge is 0.339 e. The molecule has 1 fully saturated rings. The molecule has 0 aromatic heterocycles. The van der Waals surface area contributed by atoms with Gasteiger partial charge in [-0.25, -0.2) is 13.6 Å². The van der Waals surface area contributed by atoms with E-state index in [1.807, 2.05) is 0 Å². The fourth-order valence-electron chi connectivity index (χ4n) is 2.49. The molecule has 0 saturated heterocycles. The van der Waals surface area contributed by atoms with E-state index in [1.165, 1.54) is 18.2 Å². The maximum atomic E-state index is 12.4. The van der Waals surface area contributed by atoms with Gasteiger partial charge >= 0.3 is 0 Å². The van der Waals surface area contributed by atoms with Crippen LogP contribution in [0.15, 0.2) is 23.1 Å². The van der Waals surface area contributed by atoms with Gasteiger partial charge in [-0.3, -0.25) is 4.79 Å². The van der Waals surface area contributed by atoms with Gasteiger partial charge in [-0.1, -0.05) is 24.4 Å². The Bertz CT molecular complexity index is 625. The van der Waals surface area contributed by atoms with E-state index < -0.39 is 10.0 Å². The fourth-order valence-corrected chi connectivity index (χ4v) is 3.23. The van der Waals surface area contributed by atoms with Gasteiger partial charge in [0.1, 0.15) is 0 Å². The van der Waals surface area contributed by atoms with Crippen LogP contribution in [0.3, 0.4) is 0 Å². The minimum atomic E-state index is -3.85. The Morgan fingerprint density at radius 3 is 2.50 bits per heavy atom. The van der Waals surface area contributed by atoms with Crippen molar-refractivity contribution >= 4 is 27.5 Å². The predicted molar refractivity (Wildman–Crippen MR) is 77.2 cm³/mol. The van der Waals surface area contributed by atoms with E-state index in [9.17, 15) is 13.2 Å². The number of hydrogen-bond donors (Lipinski definition) is 1. The minimum Gasteiger partial charge on any atom is -0.339 e. The van der Waals surface area contributed by atoms with Crippen LogP contribution in [0.4, 0.5) is 0 Å². The van der Waals surface area contributed by atoms with Crippen molar-refractivity contribution in [2.24, 2.45) is 5.14 Å². The number of halogens is 1. The normalized spacial score (nSPS) is 16.4. The van der Waals surface area contributed by atoms with Crippen molar-refractivity contribution in [3.63, 3.8) is 0 Å². The summed E-state index contributed by atoms with van der Waals surface area (Å²) in [6.45, 7) is 0. The molecule has 1 amide bonds. The summed E-state index contributed by atoms with van der Waals surface area (Å²) in [6, 6.07) is 4.11. The van der Waals surface area contributed by atoms with Crippen LogP contribution in [-0.2, 0) is 10.0 Å². The third-order valence-electron chi connectivity index (χ3n) is 3.69. The third-order valence-corrected chi connectivity index (χ3v) is 4.93. The van der Waals surface area contributed by atoms with Crippen molar-refractivity contribution in [3.05, 3.63) is 28.8 Å². The Labute approximate surface area is 123 Å². The number of nitrogens with zero attached hydrogens (tertiary/aromatic N) is 1. The average molecular weight is 317 g/mol. The van der Waals surface area contributed by atoms with Crippen molar-refractivity contribution < 1.29 is 13.2 Å². The minimum absolute atomic E-state index is 0.106. The second-order valence-corrected chi connectivity index (χ2v) is 7.01. The smallest absolute Gasteiger partial charge is 0.255 e. The van der Waals surface area contributed by atoms with Crippen molar-refractivity contribution in [1.29, 1.82) is 0 Å². The summed E-state index contributed by atoms with van der Waals surface area (Å²) in [6.07, 6.45) is 4.14. The molecule has 0 spiro atoms. The first-order valence-corrected chi connectivity index (χ1v) is 8.32. The van der Waals surface area contributed by atoms with Crippen LogP contribution in [0.1, 0.15) is 36.0 Å². The summed E-state index contributed by atoms with van der Waals surface area (Å²) >= 11 is 6.01. The lowest BCUT2D eigenvalue weighted by atomic mass is 10.1. The number of carbonyl (C=O) groups excluding carboxylic acids is 1. The lowest BCUT2D eigenvalue weighted by molar-refractivity contribution is 0.0735. The fraction of sp³-hybridized carbons (Fsp3) is 0.462. The predicted octanol–water partition coefficient (Wildman–Crippen LogP) is 2.00. The summed E-state index contributed by atoms with van der Waals surface area (Å²) in [5.74, 6) is -0.271. The van der Waals surface area contributed by atoms with Crippen molar-refractivity contribution in [2.45, 2.75) is 36.6 Å². The standard InChI is InChI=1S/C13H17ClN2O3S/c1-16(9-4-2-3-5-9)13(17)11-8-10(20(15,18)19)6-7-12(11)14/h6-9H,2-5H2,1H3,(H2,15,18,19). The summed E-state index contributed by atoms with van der Waals surface area (Å²) < 4.78 is 22.7. The molecule has 0 unspecified atom stereocenters. The van der Waals surface area contributed by atoms with Gasteiger partial charge in [-0.2, -0.15) is 0 Å². The first kappa shape index (κ1) is 15.3. The first-order chi connectivity index (χ1) is 9.30. The van der Waals surface area contributed by atoms with Gasteiger partial charge in [0.15, 0.2) is 0 Å². The van der Waals surface area contributed by atoms with E-state index in [2.05, 4.69) is 0 Å². The Hall–Kier alpha value is -1.11. The molecule has 0 aliphatic heterocycles. The number of sulfonamides is 1. The number of carbonyl (C=O) groups is 1. The molecule has 1 saturated carbocycles. The van der Waals surface area contributed by atoms with Gasteiger partial charge in [0.05, 0.1) is 15.5 Å². The van der Waals surface area contributed by atoms with Crippen LogP contribution in [-0.4, -0.2) is 32.3 Å². The van der Waals surface area contributed by atoms with Gasteiger partial charge in [0.2, 0.25) is 10.0 Å². The Kier molecular flexibility index (Phi) is 4.36. The number of amides is 1. The molecule has 2 N–H and O–H groups in total. The highest BCUT2D eigenvalue weighted by molar-refractivity contribution is 7.89. The molecule has 1 aromatic rings. The van der Waals surface area contributed by atoms with Crippen molar-refractivity contribution in [3.8, 4) is 0 Å². The number of rotatable bonds is 3. The van der Waals surface area contributed by atoms with E-state index in [1.54, 1.807) is 11.9 Å². The lowest BCUT2D eigenvalue weighted by Crippen LogP contribution is -2.35. The molecule has 5 nitrogen and oxygen atoms in total. The van der Waals surface area contributed by atoms with Crippen LogP contribution >= 0.6 is 11.6 Å². The Morgan fingerprint density at radius 1 is 1.35 bits per heavy atom. The quantitative estimate of drug-likeness (QED) is 0.926. The van der Waals surface area contributed by atoms with E-state index in [0.29, 0.717) is 0 Å². The molecular weight excluding hydrogens is 300 g/mol. The van der Waals surface area contributed by atoms with Gasteiger partial charge in [-0.15, -0.1) is 0 Å². The van der Waals surface area contributed by atoms with Crippen LogP contribution in [0.2, 0.25) is 5.02 Å². The monoisotopic (exact) mass is 316 g/mol. The second-order valence-electron chi connectivity index (χ2n) is 5.04. The number of benzene rings is 1. The van der Waals surface area contributed by atoms with Crippen LogP contribution in [0.5, 0.6) is 0 Å². The van der Waals surface area contributed by atoms with Crippen LogP contribution < -0.4 is 5.14 Å². The average Bonchev–Trinajstić information content (AvgIpc) is 2.90. The Morgan fingerprint density at radius 2 is 1.95 bits per heavy atom. The van der Waals surface area contributed by atoms with E-state index in [-0.39, 0.29) is 27.4 Å². The van der Waals surface area contributed by atoms with Crippen LogP contribution in [0.25, 0.3) is 0 Å². The zero-order valence-electron chi connectivity index (χ0n) is 11.2. The zero-order chi connectivity index (χ0) is 14.9. The van der Waals surface area contributed by atoms with Gasteiger partial charge < -0.3 is 4.90 Å². The molecule has 2 rings (SSSR count). The highest BCUT2D eigenvalue weighted by atomic mass is 35.5. The molecular formula is C13H17ClN2O3S. The molecule has 0 radical (unpaired) electrons. The first-order valence-electron chi connectivity index (χ1n) is 6.40. The third kappa shape index (κ3) is 3.13. The molecule has 1 aliphatic carbocycles. The molecule has 110 valence electrons. The maximum Gasteiger partial charge on any atom is 0.255 e. The molecule has 0 heterocycles. The summed E-state index contributed by atoms with van der Waals surface area (Å²) in [5.41, 5.74) is 0.174. The van der Waals surface area contributed by atoms with Crippen molar-refractivity contribution in [2.75, 3.05) is 7.05 Å². The molecule has 1 aromatic carbocycles. The highest BCUT2D eigenvalue weighted by Gasteiger charge is 2.26. The molecule has 0 atom stereocenters. The molecule has 20 heavy (non-hydrogen) atoms. The summed E-state index contributed by atoms with van der Waals surface area (Å²) in [5, 5.41) is 5.31. The molecule has 1 aliphatic rings. The van der Waals surface area contributed by atoms with Crippen LogP contribution in [0, 0.1) is 0 Å². The zero-order valence-corrected chi connectivity index (χ0v) is 12.7. The van der Waals surface area contributed by atoms with Gasteiger partial charge in [-0.05, 0) is 31.0 Å². The summed E-state index contributed by atoms with van der Waals surface area (Å²) in [4.78, 5) is 14.0. The van der Waals surface area contributed by atoms with E-state index >= 15 is 0 Å². The second kappa shape index (κ2) is 5.71. The SMILES string of the molecule is CN(C(=O)c1cc(S(N)(=O)=O)ccc1Cl)C1CCCC1. The number of nitrogens with two attached hydrogens (primary N) is 1. The molecule has 7 heteroatoms. The maximum absolute atomic E-state index is 12.4. The lowest BCUT2D eigenvalue weighted by Gasteiger charge is -2.24. The Balaban J connectivity index is 2.33. The van der Waals surface area contributed by atoms with Gasteiger partial charge in [0.25, 0.3) is 5.91 Å². The topological polar surface area (TPSA) is 80.5 Å². The van der Waals surface area contributed by atoms with E-state index in [0.717, 1.165) is 25.7 Å². The van der Waals surface area contributed by atoms with Gasteiger partial charge in [0, 0.05) is 13.1 Å². The summed E-state index contributed by atoms with van der Waals surface area (Å²) in [7, 11) is -2.13. The molecule has 0 bridgehead atoms. The number of primary sulfonamides is 1.